The molecule has 0 aromatic heterocycles. The number of nitrogens with zero attached hydrogens (tertiary/aromatic N) is 2. The largest absolute Gasteiger partial charge is 0.343 e. The van der Waals surface area contributed by atoms with Crippen LogP contribution in [0, 0.1) is 5.92 Å². The maximum absolute atomic E-state index is 12.5. The van der Waals surface area contributed by atoms with E-state index in [0.717, 1.165) is 44.6 Å². The van der Waals surface area contributed by atoms with Crippen molar-refractivity contribution in [3.8, 4) is 0 Å². The van der Waals surface area contributed by atoms with E-state index in [-0.39, 0.29) is 24.2 Å². The summed E-state index contributed by atoms with van der Waals surface area (Å²) in [5, 5.41) is 3.39. The van der Waals surface area contributed by atoms with Crippen LogP contribution in [-0.2, 0) is 16.1 Å². The molecule has 2 rings (SSSR count). The Morgan fingerprint density at radius 1 is 1.19 bits per heavy atom. The maximum Gasteiger partial charge on any atom is 0.224 e. The van der Waals surface area contributed by atoms with Crippen LogP contribution in [0.1, 0.15) is 38.7 Å². The summed E-state index contributed by atoms with van der Waals surface area (Å²) in [6, 6.07) is 9.91. The van der Waals surface area contributed by atoms with Gasteiger partial charge in [-0.15, -0.1) is 12.4 Å². The van der Waals surface area contributed by atoms with E-state index in [1.165, 1.54) is 0 Å². The van der Waals surface area contributed by atoms with Crippen LogP contribution in [0.3, 0.4) is 0 Å². The Morgan fingerprint density at radius 3 is 2.42 bits per heavy atom. The number of benzene rings is 1. The van der Waals surface area contributed by atoms with Crippen LogP contribution in [0.4, 0.5) is 0 Å². The molecule has 0 aliphatic carbocycles. The average Bonchev–Trinajstić information content (AvgIpc) is 2.64. The molecule has 5 nitrogen and oxygen atoms in total. The lowest BCUT2D eigenvalue weighted by molar-refractivity contribution is -0.134. The molecule has 1 N–H and O–H groups in total. The number of halogens is 1. The molecule has 1 saturated heterocycles. The second-order valence-corrected chi connectivity index (χ2v) is 6.81. The van der Waals surface area contributed by atoms with Gasteiger partial charge in [0.05, 0.1) is 0 Å². The van der Waals surface area contributed by atoms with Crippen molar-refractivity contribution < 1.29 is 9.59 Å². The number of carbonyl (C=O) groups excluding carboxylic acids is 2. The first kappa shape index (κ1) is 22.5. The second-order valence-electron chi connectivity index (χ2n) is 6.81. The molecule has 1 aliphatic heterocycles. The molecule has 1 heterocycles. The second kappa shape index (κ2) is 11.9. The molecule has 1 aliphatic rings. The van der Waals surface area contributed by atoms with Crippen LogP contribution in [0.15, 0.2) is 30.3 Å². The summed E-state index contributed by atoms with van der Waals surface area (Å²) >= 11 is 0. The van der Waals surface area contributed by atoms with Crippen LogP contribution in [0.5, 0.6) is 0 Å². The van der Waals surface area contributed by atoms with Gasteiger partial charge in [-0.25, -0.2) is 0 Å². The van der Waals surface area contributed by atoms with E-state index in [1.807, 2.05) is 35.2 Å². The molecular weight excluding hydrogens is 350 g/mol. The third-order valence-electron chi connectivity index (χ3n) is 4.91. The summed E-state index contributed by atoms with van der Waals surface area (Å²) in [5.41, 5.74) is 1.09. The molecule has 0 unspecified atom stereocenters. The van der Waals surface area contributed by atoms with Crippen LogP contribution < -0.4 is 5.32 Å². The number of likely N-dealkylation sites (tertiary alicyclic amines) is 1. The molecule has 1 aromatic rings. The fourth-order valence-corrected chi connectivity index (χ4v) is 3.28. The normalized spacial score (nSPS) is 14.6. The van der Waals surface area contributed by atoms with Gasteiger partial charge in [0.2, 0.25) is 11.8 Å². The highest BCUT2D eigenvalue weighted by molar-refractivity contribution is 5.85. The van der Waals surface area contributed by atoms with E-state index in [2.05, 4.69) is 12.2 Å². The predicted molar refractivity (Wildman–Crippen MR) is 107 cm³/mol. The van der Waals surface area contributed by atoms with Crippen molar-refractivity contribution in [2.75, 3.05) is 32.7 Å². The minimum Gasteiger partial charge on any atom is -0.343 e. The van der Waals surface area contributed by atoms with Gasteiger partial charge < -0.3 is 15.1 Å². The molecule has 2 amide bonds. The maximum atomic E-state index is 12.5. The Labute approximate surface area is 163 Å². The summed E-state index contributed by atoms with van der Waals surface area (Å²) in [6.45, 7) is 8.47. The van der Waals surface area contributed by atoms with Gasteiger partial charge in [0.15, 0.2) is 0 Å². The Bertz CT molecular complexity index is 545. The summed E-state index contributed by atoms with van der Waals surface area (Å²) in [6.07, 6.45) is 2.54. The third kappa shape index (κ3) is 7.34. The fraction of sp³-hybridized carbons (Fsp3) is 0.600. The SMILES string of the molecule is CCNCC1CCN(C(=O)CCN(Cc2ccccc2)C(C)=O)CC1.Cl. The van der Waals surface area contributed by atoms with Crippen molar-refractivity contribution in [3.05, 3.63) is 35.9 Å². The molecule has 0 atom stereocenters. The molecule has 0 saturated carbocycles. The first-order valence-electron chi connectivity index (χ1n) is 9.38. The van der Waals surface area contributed by atoms with Gasteiger partial charge in [-0.1, -0.05) is 37.3 Å². The Kier molecular flexibility index (Phi) is 10.3. The lowest BCUT2D eigenvalue weighted by atomic mass is 9.96. The number of amides is 2. The lowest BCUT2D eigenvalue weighted by Crippen LogP contribution is -2.42. The minimum absolute atomic E-state index is 0. The average molecular weight is 382 g/mol. The van der Waals surface area contributed by atoms with Crippen molar-refractivity contribution >= 4 is 24.2 Å². The summed E-state index contributed by atoms with van der Waals surface area (Å²) in [4.78, 5) is 28.1. The molecule has 6 heteroatoms. The number of piperidine rings is 1. The monoisotopic (exact) mass is 381 g/mol. The quantitative estimate of drug-likeness (QED) is 0.753. The molecule has 26 heavy (non-hydrogen) atoms. The third-order valence-corrected chi connectivity index (χ3v) is 4.91. The standard InChI is InChI=1S/C20H31N3O2.ClH/c1-3-21-15-18-9-12-22(13-10-18)20(25)11-14-23(17(2)24)16-19-7-5-4-6-8-19;/h4-8,18,21H,3,9-16H2,1-2H3;1H. The molecule has 0 bridgehead atoms. The number of hydrogen-bond donors (Lipinski definition) is 1. The number of hydrogen-bond acceptors (Lipinski definition) is 3. The molecule has 146 valence electrons. The number of rotatable bonds is 8. The highest BCUT2D eigenvalue weighted by Crippen LogP contribution is 2.17. The van der Waals surface area contributed by atoms with Gasteiger partial charge in [0, 0.05) is 39.5 Å². The Morgan fingerprint density at radius 2 is 1.85 bits per heavy atom. The van der Waals surface area contributed by atoms with Gasteiger partial charge in [0.25, 0.3) is 0 Å². The molecule has 0 radical (unpaired) electrons. The number of nitrogens with one attached hydrogen (secondary N) is 1. The van der Waals surface area contributed by atoms with E-state index < -0.39 is 0 Å². The van der Waals surface area contributed by atoms with Crippen molar-refractivity contribution in [2.45, 2.75) is 39.7 Å². The first-order valence-corrected chi connectivity index (χ1v) is 9.38. The van der Waals surface area contributed by atoms with Crippen LogP contribution >= 0.6 is 12.4 Å². The summed E-state index contributed by atoms with van der Waals surface area (Å²) in [5.74, 6) is 0.859. The van der Waals surface area contributed by atoms with Gasteiger partial charge in [-0.2, -0.15) is 0 Å². The van der Waals surface area contributed by atoms with Crippen molar-refractivity contribution in [3.63, 3.8) is 0 Å². The summed E-state index contributed by atoms with van der Waals surface area (Å²) in [7, 11) is 0. The minimum atomic E-state index is 0. The zero-order valence-electron chi connectivity index (χ0n) is 15.9. The molecule has 1 aromatic carbocycles. The van der Waals surface area contributed by atoms with Gasteiger partial charge in [0.1, 0.15) is 0 Å². The van der Waals surface area contributed by atoms with E-state index in [1.54, 1.807) is 11.8 Å². The molecular formula is C20H32ClN3O2. The Hall–Kier alpha value is -1.59. The zero-order chi connectivity index (χ0) is 18.1. The van der Waals surface area contributed by atoms with E-state index >= 15 is 0 Å². The van der Waals surface area contributed by atoms with Crippen molar-refractivity contribution in [1.82, 2.24) is 15.1 Å². The van der Waals surface area contributed by atoms with Gasteiger partial charge in [-0.3, -0.25) is 9.59 Å². The zero-order valence-corrected chi connectivity index (χ0v) is 16.8. The van der Waals surface area contributed by atoms with E-state index in [0.29, 0.717) is 25.4 Å². The Balaban J connectivity index is 0.00000338. The van der Waals surface area contributed by atoms with Crippen molar-refractivity contribution in [2.24, 2.45) is 5.92 Å². The van der Waals surface area contributed by atoms with Crippen LogP contribution in [0.25, 0.3) is 0 Å². The lowest BCUT2D eigenvalue weighted by Gasteiger charge is -2.32. The van der Waals surface area contributed by atoms with E-state index in [9.17, 15) is 9.59 Å². The molecule has 0 spiro atoms. The van der Waals surface area contributed by atoms with Crippen molar-refractivity contribution in [1.29, 1.82) is 0 Å². The smallest absolute Gasteiger partial charge is 0.224 e. The first-order chi connectivity index (χ1) is 12.1. The highest BCUT2D eigenvalue weighted by atomic mass is 35.5. The van der Waals surface area contributed by atoms with Crippen LogP contribution in [0.2, 0.25) is 0 Å². The van der Waals surface area contributed by atoms with E-state index in [4.69, 9.17) is 0 Å². The molecule has 1 fully saturated rings. The fourth-order valence-electron chi connectivity index (χ4n) is 3.28. The summed E-state index contributed by atoms with van der Waals surface area (Å²) < 4.78 is 0. The van der Waals surface area contributed by atoms with Gasteiger partial charge in [-0.05, 0) is 37.4 Å². The number of carbonyl (C=O) groups is 2. The van der Waals surface area contributed by atoms with Crippen LogP contribution in [-0.4, -0.2) is 54.3 Å². The predicted octanol–water partition coefficient (Wildman–Crippen LogP) is 2.70. The highest BCUT2D eigenvalue weighted by Gasteiger charge is 2.23. The topological polar surface area (TPSA) is 52.7 Å². The van der Waals surface area contributed by atoms with Gasteiger partial charge >= 0.3 is 0 Å².